The molecule has 1 amide bonds. The van der Waals surface area contributed by atoms with Gasteiger partial charge in [-0.25, -0.2) is 4.79 Å². The number of methoxy groups -OCH3 is 1. The molecule has 0 aliphatic carbocycles. The van der Waals surface area contributed by atoms with Crippen LogP contribution in [0.3, 0.4) is 0 Å². The summed E-state index contributed by atoms with van der Waals surface area (Å²) >= 11 is 0. The van der Waals surface area contributed by atoms with Crippen LogP contribution in [0.4, 0.5) is 4.79 Å². The number of fused-ring (bicyclic) bond motifs is 1. The van der Waals surface area contributed by atoms with Crippen LogP contribution in [-0.2, 0) is 22.5 Å². The van der Waals surface area contributed by atoms with Crippen molar-refractivity contribution in [2.75, 3.05) is 13.7 Å². The summed E-state index contributed by atoms with van der Waals surface area (Å²) in [7, 11) is 1.69. The Kier molecular flexibility index (Phi) is 7.79. The van der Waals surface area contributed by atoms with Gasteiger partial charge in [0.15, 0.2) is 0 Å². The molecule has 27 heavy (non-hydrogen) atoms. The third kappa shape index (κ3) is 6.06. The van der Waals surface area contributed by atoms with Crippen molar-refractivity contribution in [1.82, 2.24) is 15.1 Å². The lowest BCUT2D eigenvalue weighted by Gasteiger charge is -2.24. The first-order valence-electron chi connectivity index (χ1n) is 9.32. The highest BCUT2D eigenvalue weighted by Gasteiger charge is 2.21. The normalized spacial score (nSPS) is 13.6. The standard InChI is InChI=1S/C20H29N3O4/c1-14(2)17(11-18(13-24)22-20(25)26)9-15-5-6-16-12-21-23(19(16)10-15)7-4-8-27-3/h5-6,10,12-14,17-18,22H,4,7-9,11H2,1-3H3,(H,25,26)/t17-,18?/m0/s1. The fourth-order valence-electron chi connectivity index (χ4n) is 3.31. The fraction of sp³-hybridized carbons (Fsp3) is 0.550. The van der Waals surface area contributed by atoms with Gasteiger partial charge in [-0.1, -0.05) is 26.0 Å². The maximum atomic E-state index is 11.2. The minimum absolute atomic E-state index is 0.189. The molecule has 0 fully saturated rings. The molecule has 7 nitrogen and oxygen atoms in total. The van der Waals surface area contributed by atoms with Crippen LogP contribution < -0.4 is 5.32 Å². The van der Waals surface area contributed by atoms with Gasteiger partial charge in [0.25, 0.3) is 0 Å². The molecule has 1 heterocycles. The molecule has 7 heteroatoms. The van der Waals surface area contributed by atoms with E-state index in [0.717, 1.165) is 35.9 Å². The van der Waals surface area contributed by atoms with E-state index in [1.807, 2.05) is 10.9 Å². The molecule has 2 N–H and O–H groups in total. The third-order valence-electron chi connectivity index (χ3n) is 4.90. The van der Waals surface area contributed by atoms with Gasteiger partial charge in [-0.15, -0.1) is 0 Å². The lowest BCUT2D eigenvalue weighted by Crippen LogP contribution is -2.37. The highest BCUT2D eigenvalue weighted by Crippen LogP contribution is 2.24. The van der Waals surface area contributed by atoms with Crippen molar-refractivity contribution in [3.63, 3.8) is 0 Å². The van der Waals surface area contributed by atoms with Gasteiger partial charge in [0, 0.05) is 25.6 Å². The highest BCUT2D eigenvalue weighted by molar-refractivity contribution is 5.79. The molecule has 0 saturated heterocycles. The number of amides is 1. The molecule has 1 aromatic carbocycles. The summed E-state index contributed by atoms with van der Waals surface area (Å²) in [5.74, 6) is 0.514. The second-order valence-electron chi connectivity index (χ2n) is 7.24. The topological polar surface area (TPSA) is 93.5 Å². The van der Waals surface area contributed by atoms with E-state index < -0.39 is 12.1 Å². The van der Waals surface area contributed by atoms with Gasteiger partial charge < -0.3 is 20.0 Å². The van der Waals surface area contributed by atoms with Crippen molar-refractivity contribution < 1.29 is 19.4 Å². The Morgan fingerprint density at radius 3 is 2.81 bits per heavy atom. The van der Waals surface area contributed by atoms with Crippen molar-refractivity contribution >= 4 is 23.3 Å². The van der Waals surface area contributed by atoms with Gasteiger partial charge in [0.1, 0.15) is 6.29 Å². The SMILES string of the molecule is COCCCn1ncc2ccc(C[C@@H](CC(C=O)NC(=O)O)C(C)C)cc21. The summed E-state index contributed by atoms with van der Waals surface area (Å²) in [4.78, 5) is 22.1. The van der Waals surface area contributed by atoms with E-state index in [0.29, 0.717) is 25.2 Å². The summed E-state index contributed by atoms with van der Waals surface area (Å²) in [6.07, 6.45) is 3.54. The predicted octanol–water partition coefficient (Wildman–Crippen LogP) is 3.11. The third-order valence-corrected chi connectivity index (χ3v) is 4.90. The van der Waals surface area contributed by atoms with E-state index in [9.17, 15) is 9.59 Å². The van der Waals surface area contributed by atoms with E-state index in [1.54, 1.807) is 7.11 Å². The lowest BCUT2D eigenvalue weighted by molar-refractivity contribution is -0.109. The van der Waals surface area contributed by atoms with Crippen molar-refractivity contribution in [3.05, 3.63) is 30.0 Å². The summed E-state index contributed by atoms with van der Waals surface area (Å²) in [6, 6.07) is 5.61. The quantitative estimate of drug-likeness (QED) is 0.465. The van der Waals surface area contributed by atoms with E-state index in [4.69, 9.17) is 9.84 Å². The van der Waals surface area contributed by atoms with Crippen LogP contribution in [0.15, 0.2) is 24.4 Å². The van der Waals surface area contributed by atoms with E-state index in [-0.39, 0.29) is 5.92 Å². The van der Waals surface area contributed by atoms with Gasteiger partial charge in [-0.05, 0) is 42.7 Å². The summed E-state index contributed by atoms with van der Waals surface area (Å²) < 4.78 is 7.10. The van der Waals surface area contributed by atoms with Crippen LogP contribution in [0.25, 0.3) is 10.9 Å². The molecule has 1 aromatic heterocycles. The van der Waals surface area contributed by atoms with Crippen molar-refractivity contribution in [2.24, 2.45) is 11.8 Å². The van der Waals surface area contributed by atoms with E-state index >= 15 is 0 Å². The van der Waals surface area contributed by atoms with Gasteiger partial charge in [-0.3, -0.25) is 4.68 Å². The average Bonchev–Trinajstić information content (AvgIpc) is 3.02. The zero-order valence-corrected chi connectivity index (χ0v) is 16.2. The van der Waals surface area contributed by atoms with Crippen molar-refractivity contribution in [2.45, 2.75) is 45.7 Å². The number of nitrogens with one attached hydrogen (secondary N) is 1. The van der Waals surface area contributed by atoms with Crippen LogP contribution in [0.1, 0.15) is 32.3 Å². The van der Waals surface area contributed by atoms with Crippen LogP contribution in [0.5, 0.6) is 0 Å². The number of carbonyl (C=O) groups excluding carboxylic acids is 1. The zero-order valence-electron chi connectivity index (χ0n) is 16.2. The number of carbonyl (C=O) groups is 2. The number of aldehydes is 1. The Labute approximate surface area is 159 Å². The molecular formula is C20H29N3O4. The molecule has 2 atom stereocenters. The highest BCUT2D eigenvalue weighted by atomic mass is 16.5. The number of hydrogen-bond donors (Lipinski definition) is 2. The molecular weight excluding hydrogens is 346 g/mol. The number of ether oxygens (including phenoxy) is 1. The predicted molar refractivity (Wildman–Crippen MR) is 104 cm³/mol. The number of benzene rings is 1. The Morgan fingerprint density at radius 1 is 1.41 bits per heavy atom. The average molecular weight is 375 g/mol. The molecule has 148 valence electrons. The molecule has 2 rings (SSSR count). The molecule has 0 bridgehead atoms. The number of hydrogen-bond acceptors (Lipinski definition) is 4. The number of aromatic nitrogens is 2. The van der Waals surface area contributed by atoms with Crippen LogP contribution >= 0.6 is 0 Å². The largest absolute Gasteiger partial charge is 0.465 e. The molecule has 0 spiro atoms. The fourth-order valence-corrected chi connectivity index (χ4v) is 3.31. The maximum Gasteiger partial charge on any atom is 0.405 e. The molecule has 0 radical (unpaired) electrons. The van der Waals surface area contributed by atoms with Crippen molar-refractivity contribution in [3.8, 4) is 0 Å². The molecule has 0 aliphatic heterocycles. The second kappa shape index (κ2) is 10.1. The number of carboxylic acid groups (broad SMARTS) is 1. The van der Waals surface area contributed by atoms with E-state index in [2.05, 4.69) is 42.5 Å². The van der Waals surface area contributed by atoms with Gasteiger partial charge in [-0.2, -0.15) is 5.10 Å². The minimum atomic E-state index is -1.17. The maximum absolute atomic E-state index is 11.2. The second-order valence-corrected chi connectivity index (χ2v) is 7.24. The summed E-state index contributed by atoms with van der Waals surface area (Å²) in [5, 5.41) is 16.7. The Hall–Kier alpha value is -2.41. The Balaban J connectivity index is 2.14. The molecule has 2 aromatic rings. The summed E-state index contributed by atoms with van der Waals surface area (Å²) in [6.45, 7) is 5.69. The van der Waals surface area contributed by atoms with Gasteiger partial charge >= 0.3 is 6.09 Å². The Morgan fingerprint density at radius 2 is 2.19 bits per heavy atom. The number of aryl methyl sites for hydroxylation is 1. The smallest absolute Gasteiger partial charge is 0.405 e. The monoisotopic (exact) mass is 375 g/mol. The van der Waals surface area contributed by atoms with E-state index in [1.165, 1.54) is 0 Å². The van der Waals surface area contributed by atoms with Crippen LogP contribution in [0.2, 0.25) is 0 Å². The first kappa shape index (κ1) is 20.9. The first-order chi connectivity index (χ1) is 12.9. The lowest BCUT2D eigenvalue weighted by atomic mass is 9.84. The minimum Gasteiger partial charge on any atom is -0.465 e. The zero-order chi connectivity index (χ0) is 19.8. The van der Waals surface area contributed by atoms with Gasteiger partial charge in [0.2, 0.25) is 0 Å². The van der Waals surface area contributed by atoms with Gasteiger partial charge in [0.05, 0.1) is 17.8 Å². The molecule has 0 saturated carbocycles. The molecule has 1 unspecified atom stereocenters. The Bertz CT molecular complexity index is 757. The van der Waals surface area contributed by atoms with Crippen molar-refractivity contribution in [1.29, 1.82) is 0 Å². The first-order valence-corrected chi connectivity index (χ1v) is 9.32. The number of rotatable bonds is 11. The summed E-state index contributed by atoms with van der Waals surface area (Å²) in [5.41, 5.74) is 2.25. The van der Waals surface area contributed by atoms with Crippen LogP contribution in [0, 0.1) is 11.8 Å². The van der Waals surface area contributed by atoms with Crippen LogP contribution in [-0.4, -0.2) is 47.0 Å². The number of nitrogens with zero attached hydrogens (tertiary/aromatic N) is 2. The molecule has 0 aliphatic rings.